The lowest BCUT2D eigenvalue weighted by atomic mass is 10.1. The van der Waals surface area contributed by atoms with Crippen LogP contribution in [0.3, 0.4) is 0 Å². The van der Waals surface area contributed by atoms with Crippen molar-refractivity contribution in [2.75, 3.05) is 13.1 Å². The number of benzene rings is 2. The SMILES string of the molecule is O=C(Cn1cc(C(=O)C(=O)N2CCCCC2)c2ccccc21)NCc1ccccc1Cl. The normalized spacial score (nSPS) is 13.9. The molecule has 2 aromatic carbocycles. The molecule has 31 heavy (non-hydrogen) atoms. The second-order valence-electron chi connectivity index (χ2n) is 7.74. The Morgan fingerprint density at radius 3 is 2.42 bits per heavy atom. The van der Waals surface area contributed by atoms with Crippen LogP contribution in [0.2, 0.25) is 5.02 Å². The van der Waals surface area contributed by atoms with E-state index in [9.17, 15) is 14.4 Å². The molecule has 1 aromatic heterocycles. The molecule has 1 aliphatic rings. The maximum absolute atomic E-state index is 13.0. The highest BCUT2D eigenvalue weighted by Gasteiger charge is 2.27. The first-order valence-electron chi connectivity index (χ1n) is 10.5. The van der Waals surface area contributed by atoms with Crippen LogP contribution < -0.4 is 5.32 Å². The van der Waals surface area contributed by atoms with Crippen LogP contribution in [-0.4, -0.2) is 40.2 Å². The first-order valence-corrected chi connectivity index (χ1v) is 10.8. The van der Waals surface area contributed by atoms with Crippen LogP contribution in [0.5, 0.6) is 0 Å². The number of likely N-dealkylation sites (tertiary alicyclic amines) is 1. The van der Waals surface area contributed by atoms with Crippen molar-refractivity contribution >= 4 is 40.1 Å². The predicted octanol–water partition coefficient (Wildman–Crippen LogP) is 3.81. The highest BCUT2D eigenvalue weighted by Crippen LogP contribution is 2.23. The predicted molar refractivity (Wildman–Crippen MR) is 120 cm³/mol. The summed E-state index contributed by atoms with van der Waals surface area (Å²) in [5, 5.41) is 4.13. The largest absolute Gasteiger partial charge is 0.350 e. The molecule has 3 aromatic rings. The molecule has 6 nitrogen and oxygen atoms in total. The van der Waals surface area contributed by atoms with Crippen LogP contribution in [0.4, 0.5) is 0 Å². The van der Waals surface area contributed by atoms with Gasteiger partial charge in [0.05, 0.1) is 5.56 Å². The molecule has 0 unspecified atom stereocenters. The summed E-state index contributed by atoms with van der Waals surface area (Å²) >= 11 is 6.15. The van der Waals surface area contributed by atoms with Gasteiger partial charge in [-0.25, -0.2) is 0 Å². The number of hydrogen-bond donors (Lipinski definition) is 1. The number of halogens is 1. The summed E-state index contributed by atoms with van der Waals surface area (Å²) in [6.45, 7) is 1.59. The van der Waals surface area contributed by atoms with Gasteiger partial charge in [0.1, 0.15) is 6.54 Å². The van der Waals surface area contributed by atoms with E-state index < -0.39 is 11.7 Å². The van der Waals surface area contributed by atoms with E-state index in [2.05, 4.69) is 5.32 Å². The highest BCUT2D eigenvalue weighted by atomic mass is 35.5. The number of para-hydroxylation sites is 1. The number of hydrogen-bond acceptors (Lipinski definition) is 3. The van der Waals surface area contributed by atoms with Crippen molar-refractivity contribution in [1.82, 2.24) is 14.8 Å². The number of Topliss-reactive ketones (excluding diaryl/α,β-unsaturated/α-hetero) is 1. The molecular formula is C24H24ClN3O3. The molecule has 0 radical (unpaired) electrons. The number of aromatic nitrogens is 1. The van der Waals surface area contributed by atoms with E-state index in [1.807, 2.05) is 42.5 Å². The second kappa shape index (κ2) is 9.35. The number of nitrogens with one attached hydrogen (secondary N) is 1. The molecule has 2 heterocycles. The van der Waals surface area contributed by atoms with Crippen LogP contribution >= 0.6 is 11.6 Å². The number of amides is 2. The fourth-order valence-electron chi connectivity index (χ4n) is 3.96. The van der Waals surface area contributed by atoms with Crippen LogP contribution in [0.25, 0.3) is 10.9 Å². The van der Waals surface area contributed by atoms with Gasteiger partial charge >= 0.3 is 0 Å². The Morgan fingerprint density at radius 1 is 0.935 bits per heavy atom. The van der Waals surface area contributed by atoms with E-state index in [-0.39, 0.29) is 12.5 Å². The molecular weight excluding hydrogens is 414 g/mol. The van der Waals surface area contributed by atoms with Crippen molar-refractivity contribution in [1.29, 1.82) is 0 Å². The summed E-state index contributed by atoms with van der Waals surface area (Å²) in [6.07, 6.45) is 4.54. The first-order chi connectivity index (χ1) is 15.0. The fourth-order valence-corrected chi connectivity index (χ4v) is 4.16. The van der Waals surface area contributed by atoms with Crippen LogP contribution in [0.15, 0.2) is 54.7 Å². The van der Waals surface area contributed by atoms with Crippen molar-refractivity contribution in [2.24, 2.45) is 0 Å². The number of nitrogens with zero attached hydrogens (tertiary/aromatic N) is 2. The van der Waals surface area contributed by atoms with Crippen LogP contribution in [0.1, 0.15) is 35.2 Å². The summed E-state index contributed by atoms with van der Waals surface area (Å²) in [7, 11) is 0. The van der Waals surface area contributed by atoms with Gasteiger partial charge in [-0.05, 0) is 37.0 Å². The number of piperidine rings is 1. The topological polar surface area (TPSA) is 71.4 Å². The minimum absolute atomic E-state index is 0.0378. The Morgan fingerprint density at radius 2 is 1.65 bits per heavy atom. The lowest BCUT2D eigenvalue weighted by molar-refractivity contribution is -0.127. The molecule has 0 aliphatic carbocycles. The van der Waals surface area contributed by atoms with E-state index in [0.717, 1.165) is 30.3 Å². The Labute approximate surface area is 185 Å². The van der Waals surface area contributed by atoms with Gasteiger partial charge in [0.25, 0.3) is 11.7 Å². The lowest BCUT2D eigenvalue weighted by Crippen LogP contribution is -2.40. The van der Waals surface area contributed by atoms with Crippen molar-refractivity contribution in [3.05, 3.63) is 70.9 Å². The second-order valence-corrected chi connectivity index (χ2v) is 8.15. The number of carbonyl (C=O) groups excluding carboxylic acids is 3. The average Bonchev–Trinajstić information content (AvgIpc) is 3.16. The first kappa shape index (κ1) is 21.1. The number of carbonyl (C=O) groups is 3. The van der Waals surface area contributed by atoms with Gasteiger partial charge in [0, 0.05) is 41.8 Å². The summed E-state index contributed by atoms with van der Waals surface area (Å²) in [5.74, 6) is -1.19. The average molecular weight is 438 g/mol. The molecule has 0 saturated carbocycles. The van der Waals surface area contributed by atoms with Crippen molar-refractivity contribution < 1.29 is 14.4 Å². The monoisotopic (exact) mass is 437 g/mol. The highest BCUT2D eigenvalue weighted by molar-refractivity contribution is 6.44. The minimum atomic E-state index is -0.520. The Bertz CT molecular complexity index is 1130. The number of fused-ring (bicyclic) bond motifs is 1. The minimum Gasteiger partial charge on any atom is -0.350 e. The molecule has 7 heteroatoms. The third-order valence-electron chi connectivity index (χ3n) is 5.62. The lowest BCUT2D eigenvalue weighted by Gasteiger charge is -2.25. The molecule has 4 rings (SSSR count). The van der Waals surface area contributed by atoms with E-state index >= 15 is 0 Å². The van der Waals surface area contributed by atoms with Crippen LogP contribution in [-0.2, 0) is 22.7 Å². The third kappa shape index (κ3) is 4.64. The zero-order chi connectivity index (χ0) is 21.8. The third-order valence-corrected chi connectivity index (χ3v) is 5.99. The van der Waals surface area contributed by atoms with Gasteiger partial charge in [0.15, 0.2) is 0 Å². The molecule has 1 N–H and O–H groups in total. The molecule has 0 atom stereocenters. The maximum Gasteiger partial charge on any atom is 0.295 e. The Hall–Kier alpha value is -3.12. The molecule has 2 amide bonds. The summed E-state index contributed by atoms with van der Waals surface area (Å²) < 4.78 is 1.72. The molecule has 1 saturated heterocycles. The van der Waals surface area contributed by atoms with Gasteiger partial charge in [-0.1, -0.05) is 48.0 Å². The van der Waals surface area contributed by atoms with Gasteiger partial charge in [0.2, 0.25) is 5.91 Å². The van der Waals surface area contributed by atoms with Gasteiger partial charge in [-0.2, -0.15) is 0 Å². The zero-order valence-electron chi connectivity index (χ0n) is 17.1. The molecule has 0 spiro atoms. The summed E-state index contributed by atoms with van der Waals surface area (Å²) in [4.78, 5) is 39.9. The molecule has 0 bridgehead atoms. The Balaban J connectivity index is 1.52. The number of ketones is 1. The van der Waals surface area contributed by atoms with Crippen LogP contribution in [0, 0.1) is 0 Å². The fraction of sp³-hybridized carbons (Fsp3) is 0.292. The molecule has 1 aliphatic heterocycles. The van der Waals surface area contributed by atoms with Crippen molar-refractivity contribution in [3.8, 4) is 0 Å². The molecule has 160 valence electrons. The van der Waals surface area contributed by atoms with Gasteiger partial charge in [-0.15, -0.1) is 0 Å². The van der Waals surface area contributed by atoms with Crippen molar-refractivity contribution in [2.45, 2.75) is 32.4 Å². The van der Waals surface area contributed by atoms with Crippen molar-refractivity contribution in [3.63, 3.8) is 0 Å². The van der Waals surface area contributed by atoms with E-state index in [4.69, 9.17) is 11.6 Å². The quantitative estimate of drug-likeness (QED) is 0.471. The summed E-state index contributed by atoms with van der Waals surface area (Å²) in [6, 6.07) is 14.7. The van der Waals surface area contributed by atoms with E-state index in [1.165, 1.54) is 0 Å². The smallest absolute Gasteiger partial charge is 0.295 e. The van der Waals surface area contributed by atoms with Gasteiger partial charge < -0.3 is 14.8 Å². The Kier molecular flexibility index (Phi) is 6.37. The summed E-state index contributed by atoms with van der Waals surface area (Å²) in [5.41, 5.74) is 1.91. The maximum atomic E-state index is 13.0. The molecule has 1 fully saturated rings. The van der Waals surface area contributed by atoms with E-state index in [1.54, 1.807) is 21.7 Å². The van der Waals surface area contributed by atoms with E-state index in [0.29, 0.717) is 35.6 Å². The number of rotatable bonds is 6. The standard InChI is InChI=1S/C24H24ClN3O3/c25-20-10-4-2-8-17(20)14-26-22(29)16-28-15-19(18-9-3-5-11-21(18)28)23(30)24(31)27-12-6-1-7-13-27/h2-5,8-11,15H,1,6-7,12-14,16H2,(H,26,29). The van der Waals surface area contributed by atoms with Gasteiger partial charge in [-0.3, -0.25) is 14.4 Å². The zero-order valence-corrected chi connectivity index (χ0v) is 17.9.